The number of hydrogen-bond donors (Lipinski definition) is 1. The summed E-state index contributed by atoms with van der Waals surface area (Å²) in [6.45, 7) is 0. The average molecular weight is 404 g/mol. The molecular formula is C17H10ClN3O3S2. The largest absolute Gasteiger partial charge is 0.465 e. The third-order valence-electron chi connectivity index (χ3n) is 3.30. The first-order valence-electron chi connectivity index (χ1n) is 7.17. The molecular weight excluding hydrogens is 394 g/mol. The van der Waals surface area contributed by atoms with Crippen molar-refractivity contribution in [2.75, 3.05) is 12.4 Å². The van der Waals surface area contributed by atoms with Gasteiger partial charge in [0.1, 0.15) is 16.6 Å². The number of anilines is 1. The van der Waals surface area contributed by atoms with Gasteiger partial charge in [0.05, 0.1) is 22.6 Å². The Morgan fingerprint density at radius 3 is 2.73 bits per heavy atom. The van der Waals surface area contributed by atoms with Crippen LogP contribution in [0, 0.1) is 11.3 Å². The molecule has 0 radical (unpaired) electrons. The number of methoxy groups -OCH3 is 1. The van der Waals surface area contributed by atoms with Crippen molar-refractivity contribution in [3.05, 3.63) is 56.7 Å². The maximum absolute atomic E-state index is 12.4. The van der Waals surface area contributed by atoms with E-state index in [1.807, 2.05) is 0 Å². The number of benzene rings is 1. The first kappa shape index (κ1) is 18.1. The highest BCUT2D eigenvalue weighted by atomic mass is 35.5. The van der Waals surface area contributed by atoms with E-state index in [1.54, 1.807) is 29.6 Å². The Balaban J connectivity index is 1.85. The number of carbonyl (C=O) groups excluding carboxylic acids is 2. The maximum atomic E-state index is 12.4. The fourth-order valence-corrected chi connectivity index (χ4v) is 4.03. The molecule has 26 heavy (non-hydrogen) atoms. The Morgan fingerprint density at radius 2 is 2.08 bits per heavy atom. The van der Waals surface area contributed by atoms with Crippen LogP contribution in [0.25, 0.3) is 10.6 Å². The number of thiophene rings is 1. The zero-order valence-electron chi connectivity index (χ0n) is 13.3. The molecule has 130 valence electrons. The van der Waals surface area contributed by atoms with Crippen LogP contribution in [0.5, 0.6) is 0 Å². The highest BCUT2D eigenvalue weighted by Gasteiger charge is 2.17. The topological polar surface area (TPSA) is 92.1 Å². The van der Waals surface area contributed by atoms with E-state index >= 15 is 0 Å². The summed E-state index contributed by atoms with van der Waals surface area (Å²) in [5.74, 6) is -0.970. The summed E-state index contributed by atoms with van der Waals surface area (Å²) in [5, 5.41) is 14.5. The molecule has 0 aliphatic carbocycles. The second-order valence-corrected chi connectivity index (χ2v) is 7.31. The van der Waals surface area contributed by atoms with E-state index in [4.69, 9.17) is 11.6 Å². The van der Waals surface area contributed by atoms with Crippen molar-refractivity contribution in [1.29, 1.82) is 5.26 Å². The van der Waals surface area contributed by atoms with Gasteiger partial charge in [0, 0.05) is 10.9 Å². The van der Waals surface area contributed by atoms with E-state index in [9.17, 15) is 14.9 Å². The molecule has 1 amide bonds. The number of amides is 1. The number of carbonyl (C=O) groups is 2. The van der Waals surface area contributed by atoms with E-state index in [1.165, 1.54) is 24.5 Å². The molecule has 3 rings (SSSR count). The third kappa shape index (κ3) is 3.75. The first-order chi connectivity index (χ1) is 12.5. The Labute approximate surface area is 161 Å². The van der Waals surface area contributed by atoms with Crippen LogP contribution in [0.4, 0.5) is 5.13 Å². The lowest BCUT2D eigenvalue weighted by molar-refractivity contribution is 0.0600. The summed E-state index contributed by atoms with van der Waals surface area (Å²) < 4.78 is 4.65. The van der Waals surface area contributed by atoms with Gasteiger partial charge < -0.3 is 4.74 Å². The number of esters is 1. The minimum Gasteiger partial charge on any atom is -0.465 e. The van der Waals surface area contributed by atoms with Crippen molar-refractivity contribution in [3.8, 4) is 16.6 Å². The van der Waals surface area contributed by atoms with Gasteiger partial charge in [-0.3, -0.25) is 10.1 Å². The quantitative estimate of drug-likeness (QED) is 0.650. The van der Waals surface area contributed by atoms with Gasteiger partial charge in [0.25, 0.3) is 5.91 Å². The second kappa shape index (κ2) is 7.66. The number of aromatic nitrogens is 1. The normalized spacial score (nSPS) is 10.2. The van der Waals surface area contributed by atoms with E-state index in [-0.39, 0.29) is 16.3 Å². The van der Waals surface area contributed by atoms with E-state index in [0.29, 0.717) is 15.6 Å². The monoisotopic (exact) mass is 403 g/mol. The summed E-state index contributed by atoms with van der Waals surface area (Å²) >= 11 is 8.36. The molecule has 0 fully saturated rings. The maximum Gasteiger partial charge on any atom is 0.337 e. The summed E-state index contributed by atoms with van der Waals surface area (Å²) in [7, 11) is 1.27. The van der Waals surface area contributed by atoms with E-state index in [2.05, 4.69) is 21.1 Å². The number of hydrogen-bond acceptors (Lipinski definition) is 7. The third-order valence-corrected chi connectivity index (χ3v) is 5.46. The van der Waals surface area contributed by atoms with Crippen molar-refractivity contribution in [1.82, 2.24) is 4.98 Å². The molecule has 1 aromatic carbocycles. The molecule has 3 aromatic rings. The highest BCUT2D eigenvalue weighted by molar-refractivity contribution is 7.18. The number of nitriles is 1. The van der Waals surface area contributed by atoms with Gasteiger partial charge in [-0.05, 0) is 24.3 Å². The molecule has 2 aromatic heterocycles. The fourth-order valence-electron chi connectivity index (χ4n) is 2.13. The highest BCUT2D eigenvalue weighted by Crippen LogP contribution is 2.35. The number of halogens is 1. The lowest BCUT2D eigenvalue weighted by Gasteiger charge is -2.04. The van der Waals surface area contributed by atoms with Gasteiger partial charge in [-0.15, -0.1) is 11.3 Å². The van der Waals surface area contributed by atoms with Crippen LogP contribution in [0.2, 0.25) is 5.02 Å². The van der Waals surface area contributed by atoms with E-state index in [0.717, 1.165) is 16.2 Å². The number of rotatable bonds is 4. The molecule has 0 saturated carbocycles. The van der Waals surface area contributed by atoms with Crippen LogP contribution >= 0.6 is 34.3 Å². The van der Waals surface area contributed by atoms with Gasteiger partial charge >= 0.3 is 5.97 Å². The lowest BCUT2D eigenvalue weighted by atomic mass is 10.1. The minimum absolute atomic E-state index is 0.269. The molecule has 1 N–H and O–H groups in total. The summed E-state index contributed by atoms with van der Waals surface area (Å²) in [4.78, 5) is 29.5. The first-order valence-corrected chi connectivity index (χ1v) is 9.24. The number of nitrogens with zero attached hydrogens (tertiary/aromatic N) is 2. The Hall–Kier alpha value is -2.73. The van der Waals surface area contributed by atoms with Gasteiger partial charge in [-0.25, -0.2) is 9.78 Å². The van der Waals surface area contributed by atoms with Crippen LogP contribution in [0.3, 0.4) is 0 Å². The SMILES string of the molecule is COC(=O)c1cccc(C(=O)Nc2nc(-c3cc(Cl)cs3)c(C#N)s2)c1. The van der Waals surface area contributed by atoms with Crippen molar-refractivity contribution in [2.45, 2.75) is 0 Å². The van der Waals surface area contributed by atoms with Crippen LogP contribution in [0.15, 0.2) is 35.7 Å². The predicted octanol–water partition coefficient (Wildman–Crippen LogP) is 4.44. The lowest BCUT2D eigenvalue weighted by Crippen LogP contribution is -2.13. The molecule has 6 nitrogen and oxygen atoms in total. The summed E-state index contributed by atoms with van der Waals surface area (Å²) in [6.07, 6.45) is 0. The average Bonchev–Trinajstić information content (AvgIpc) is 3.26. The molecule has 0 aliphatic rings. The fraction of sp³-hybridized carbons (Fsp3) is 0.0588. The zero-order valence-corrected chi connectivity index (χ0v) is 15.7. The van der Waals surface area contributed by atoms with E-state index < -0.39 is 11.9 Å². The van der Waals surface area contributed by atoms with Crippen molar-refractivity contribution in [2.24, 2.45) is 0 Å². The summed E-state index contributed by atoms with van der Waals surface area (Å²) in [6, 6.07) is 9.93. The van der Waals surface area contributed by atoms with Crippen molar-refractivity contribution in [3.63, 3.8) is 0 Å². The summed E-state index contributed by atoms with van der Waals surface area (Å²) in [5.41, 5.74) is 1.03. The van der Waals surface area contributed by atoms with Crippen LogP contribution in [-0.4, -0.2) is 24.0 Å². The molecule has 0 aliphatic heterocycles. The predicted molar refractivity (Wildman–Crippen MR) is 101 cm³/mol. The van der Waals surface area contributed by atoms with Gasteiger partial charge in [0.15, 0.2) is 5.13 Å². The van der Waals surface area contributed by atoms with Crippen LogP contribution in [-0.2, 0) is 4.74 Å². The molecule has 0 atom stereocenters. The van der Waals surface area contributed by atoms with Gasteiger partial charge in [-0.1, -0.05) is 29.0 Å². The molecule has 0 unspecified atom stereocenters. The smallest absolute Gasteiger partial charge is 0.337 e. The molecule has 2 heterocycles. The number of thiazole rings is 1. The molecule has 9 heteroatoms. The Bertz CT molecular complexity index is 1040. The Kier molecular flexibility index (Phi) is 5.32. The zero-order chi connectivity index (χ0) is 18.7. The molecule has 0 saturated heterocycles. The van der Waals surface area contributed by atoms with Crippen LogP contribution < -0.4 is 5.32 Å². The minimum atomic E-state index is -0.530. The number of ether oxygens (including phenoxy) is 1. The standard InChI is InChI=1S/C17H10ClN3O3S2/c1-24-16(23)10-4-2-3-9(5-10)15(22)21-17-20-14(13(7-19)26-17)12-6-11(18)8-25-12/h2-6,8H,1H3,(H,20,21,22). The second-order valence-electron chi connectivity index (χ2n) is 4.96. The van der Waals surface area contributed by atoms with Crippen molar-refractivity contribution < 1.29 is 14.3 Å². The molecule has 0 bridgehead atoms. The Morgan fingerprint density at radius 1 is 1.31 bits per heavy atom. The molecule has 0 spiro atoms. The van der Waals surface area contributed by atoms with Gasteiger partial charge in [0.2, 0.25) is 0 Å². The number of nitrogens with one attached hydrogen (secondary N) is 1. The van der Waals surface area contributed by atoms with Crippen LogP contribution in [0.1, 0.15) is 25.6 Å². The van der Waals surface area contributed by atoms with Gasteiger partial charge in [-0.2, -0.15) is 5.26 Å². The van der Waals surface area contributed by atoms with Crippen molar-refractivity contribution >= 4 is 51.3 Å².